The molecule has 0 saturated heterocycles. The molecular formula is C13H11Br2FN2O. The fourth-order valence-electron chi connectivity index (χ4n) is 1.75. The second-order valence-electron chi connectivity index (χ2n) is 4.31. The standard InChI is InChI=1S/C13H11Br2FN2O/c1-7(2)18-12(9(14)6-17-18)13(19)8-4-3-5-10(16)11(8)15/h3-7H,1-2H3. The Morgan fingerprint density at radius 3 is 2.68 bits per heavy atom. The van der Waals surface area contributed by atoms with Crippen molar-refractivity contribution in [3.8, 4) is 0 Å². The maximum Gasteiger partial charge on any atom is 0.213 e. The summed E-state index contributed by atoms with van der Waals surface area (Å²) in [4.78, 5) is 12.5. The fraction of sp³-hybridized carbons (Fsp3) is 0.231. The molecule has 0 unspecified atom stereocenters. The van der Waals surface area contributed by atoms with Crippen molar-refractivity contribution >= 4 is 37.6 Å². The zero-order valence-corrected chi connectivity index (χ0v) is 13.5. The van der Waals surface area contributed by atoms with Crippen LogP contribution in [0.5, 0.6) is 0 Å². The van der Waals surface area contributed by atoms with Gasteiger partial charge in [0.25, 0.3) is 0 Å². The summed E-state index contributed by atoms with van der Waals surface area (Å²) in [5.74, 6) is -0.734. The number of rotatable bonds is 3. The van der Waals surface area contributed by atoms with E-state index in [0.717, 1.165) is 0 Å². The van der Waals surface area contributed by atoms with Crippen LogP contribution in [0.4, 0.5) is 4.39 Å². The number of ketones is 1. The van der Waals surface area contributed by atoms with Gasteiger partial charge in [-0.2, -0.15) is 5.10 Å². The van der Waals surface area contributed by atoms with Gasteiger partial charge in [0, 0.05) is 11.6 Å². The Bertz CT molecular complexity index is 638. The second kappa shape index (κ2) is 5.54. The first kappa shape index (κ1) is 14.4. The lowest BCUT2D eigenvalue weighted by molar-refractivity contribution is 0.102. The number of halogens is 3. The number of hydrogen-bond donors (Lipinski definition) is 0. The normalized spacial score (nSPS) is 11.1. The van der Waals surface area contributed by atoms with Crippen LogP contribution >= 0.6 is 31.9 Å². The number of nitrogens with zero attached hydrogens (tertiary/aromatic N) is 2. The molecule has 0 N–H and O–H groups in total. The number of hydrogen-bond acceptors (Lipinski definition) is 2. The molecule has 19 heavy (non-hydrogen) atoms. The molecule has 0 saturated carbocycles. The number of benzene rings is 1. The molecule has 6 heteroatoms. The van der Waals surface area contributed by atoms with Crippen molar-refractivity contribution in [2.24, 2.45) is 0 Å². The molecule has 100 valence electrons. The van der Waals surface area contributed by atoms with Crippen LogP contribution in [0.1, 0.15) is 35.9 Å². The average Bonchev–Trinajstić information content (AvgIpc) is 2.74. The topological polar surface area (TPSA) is 34.9 Å². The van der Waals surface area contributed by atoms with E-state index in [4.69, 9.17) is 0 Å². The molecule has 2 aromatic rings. The van der Waals surface area contributed by atoms with Crippen LogP contribution in [0.3, 0.4) is 0 Å². The summed E-state index contributed by atoms with van der Waals surface area (Å²) in [6, 6.07) is 4.43. The second-order valence-corrected chi connectivity index (χ2v) is 5.96. The summed E-state index contributed by atoms with van der Waals surface area (Å²) in [6.45, 7) is 3.85. The predicted octanol–water partition coefficient (Wildman–Crippen LogP) is 4.36. The summed E-state index contributed by atoms with van der Waals surface area (Å²) in [5.41, 5.74) is 0.699. The molecule has 0 radical (unpaired) electrons. The summed E-state index contributed by atoms with van der Waals surface area (Å²) in [5, 5.41) is 4.15. The van der Waals surface area contributed by atoms with E-state index >= 15 is 0 Å². The van der Waals surface area contributed by atoms with E-state index in [2.05, 4.69) is 37.0 Å². The Hall–Kier alpha value is -1.01. The highest BCUT2D eigenvalue weighted by molar-refractivity contribution is 9.11. The molecule has 2 rings (SSSR count). The van der Waals surface area contributed by atoms with E-state index < -0.39 is 5.82 Å². The van der Waals surface area contributed by atoms with Crippen LogP contribution in [0.25, 0.3) is 0 Å². The van der Waals surface area contributed by atoms with Gasteiger partial charge >= 0.3 is 0 Å². The number of aromatic nitrogens is 2. The SMILES string of the molecule is CC(C)n1ncc(Br)c1C(=O)c1cccc(F)c1Br. The molecule has 0 atom stereocenters. The molecule has 1 aromatic heterocycles. The first-order valence-electron chi connectivity index (χ1n) is 5.65. The zero-order chi connectivity index (χ0) is 14.2. The average molecular weight is 390 g/mol. The molecule has 1 heterocycles. The predicted molar refractivity (Wildman–Crippen MR) is 77.8 cm³/mol. The Morgan fingerprint density at radius 1 is 1.37 bits per heavy atom. The highest BCUT2D eigenvalue weighted by Crippen LogP contribution is 2.27. The maximum atomic E-state index is 13.5. The van der Waals surface area contributed by atoms with Gasteiger partial charge in [0.05, 0.1) is 15.1 Å². The number of carbonyl (C=O) groups is 1. The Balaban J connectivity index is 2.56. The fourth-order valence-corrected chi connectivity index (χ4v) is 2.65. The third-order valence-electron chi connectivity index (χ3n) is 2.65. The maximum absolute atomic E-state index is 13.5. The van der Waals surface area contributed by atoms with Crippen molar-refractivity contribution in [3.63, 3.8) is 0 Å². The summed E-state index contributed by atoms with van der Waals surface area (Å²) >= 11 is 6.42. The van der Waals surface area contributed by atoms with Gasteiger partial charge in [0.1, 0.15) is 11.5 Å². The van der Waals surface area contributed by atoms with Gasteiger partial charge in [-0.3, -0.25) is 9.48 Å². The third kappa shape index (κ3) is 2.65. The van der Waals surface area contributed by atoms with Crippen molar-refractivity contribution in [3.05, 3.63) is 50.4 Å². The van der Waals surface area contributed by atoms with Crippen LogP contribution in [-0.2, 0) is 0 Å². The van der Waals surface area contributed by atoms with Crippen molar-refractivity contribution in [1.29, 1.82) is 0 Å². The van der Waals surface area contributed by atoms with E-state index in [0.29, 0.717) is 10.2 Å². The van der Waals surface area contributed by atoms with Gasteiger partial charge in [-0.1, -0.05) is 6.07 Å². The van der Waals surface area contributed by atoms with Crippen molar-refractivity contribution < 1.29 is 9.18 Å². The zero-order valence-electron chi connectivity index (χ0n) is 10.3. The lowest BCUT2D eigenvalue weighted by Crippen LogP contribution is -2.14. The lowest BCUT2D eigenvalue weighted by atomic mass is 10.1. The van der Waals surface area contributed by atoms with Crippen molar-refractivity contribution in [2.75, 3.05) is 0 Å². The first-order chi connectivity index (χ1) is 8.93. The van der Waals surface area contributed by atoms with Gasteiger partial charge in [-0.05, 0) is 57.8 Å². The van der Waals surface area contributed by atoms with Crippen LogP contribution in [0.2, 0.25) is 0 Å². The molecule has 0 bridgehead atoms. The van der Waals surface area contributed by atoms with Gasteiger partial charge in [0.15, 0.2) is 0 Å². The van der Waals surface area contributed by atoms with Crippen LogP contribution in [-0.4, -0.2) is 15.6 Å². The minimum absolute atomic E-state index is 0.0394. The highest BCUT2D eigenvalue weighted by Gasteiger charge is 2.23. The summed E-state index contributed by atoms with van der Waals surface area (Å²) in [6.07, 6.45) is 1.57. The molecule has 0 aliphatic heterocycles. The summed E-state index contributed by atoms with van der Waals surface area (Å²) in [7, 11) is 0. The van der Waals surface area contributed by atoms with E-state index in [1.54, 1.807) is 16.9 Å². The molecule has 3 nitrogen and oxygen atoms in total. The van der Waals surface area contributed by atoms with Gasteiger partial charge < -0.3 is 0 Å². The monoisotopic (exact) mass is 388 g/mol. The smallest absolute Gasteiger partial charge is 0.213 e. The lowest BCUT2D eigenvalue weighted by Gasteiger charge is -2.11. The van der Waals surface area contributed by atoms with E-state index in [1.165, 1.54) is 12.1 Å². The molecule has 0 aliphatic carbocycles. The Labute approximate surface area is 127 Å². The van der Waals surface area contributed by atoms with Gasteiger partial charge in [-0.25, -0.2) is 4.39 Å². The van der Waals surface area contributed by atoms with Crippen LogP contribution in [0, 0.1) is 5.82 Å². The van der Waals surface area contributed by atoms with E-state index in [-0.39, 0.29) is 21.9 Å². The highest BCUT2D eigenvalue weighted by atomic mass is 79.9. The Kier molecular flexibility index (Phi) is 4.20. The summed E-state index contributed by atoms with van der Waals surface area (Å²) < 4.78 is 15.9. The number of carbonyl (C=O) groups excluding carboxylic acids is 1. The molecule has 1 aromatic carbocycles. The van der Waals surface area contributed by atoms with Crippen molar-refractivity contribution in [1.82, 2.24) is 9.78 Å². The van der Waals surface area contributed by atoms with Crippen LogP contribution in [0.15, 0.2) is 33.3 Å². The van der Waals surface area contributed by atoms with Crippen molar-refractivity contribution in [2.45, 2.75) is 19.9 Å². The quantitative estimate of drug-likeness (QED) is 0.731. The molecular weight excluding hydrogens is 379 g/mol. The Morgan fingerprint density at radius 2 is 2.05 bits per heavy atom. The van der Waals surface area contributed by atoms with E-state index in [1.807, 2.05) is 13.8 Å². The van der Waals surface area contributed by atoms with Crippen LogP contribution < -0.4 is 0 Å². The van der Waals surface area contributed by atoms with E-state index in [9.17, 15) is 9.18 Å². The molecule has 0 fully saturated rings. The first-order valence-corrected chi connectivity index (χ1v) is 7.23. The third-order valence-corrected chi connectivity index (χ3v) is 4.04. The molecule has 0 spiro atoms. The minimum Gasteiger partial charge on any atom is -0.287 e. The van der Waals surface area contributed by atoms with Gasteiger partial charge in [0.2, 0.25) is 5.78 Å². The minimum atomic E-state index is -0.461. The van der Waals surface area contributed by atoms with Gasteiger partial charge in [-0.15, -0.1) is 0 Å². The largest absolute Gasteiger partial charge is 0.287 e. The molecule has 0 amide bonds. The molecule has 0 aliphatic rings.